The molecule has 0 bridgehead atoms. The number of nitrogen functional groups attached to an aromatic ring is 1. The highest BCUT2D eigenvalue weighted by Crippen LogP contribution is 2.26. The molecule has 0 unspecified atom stereocenters. The highest BCUT2D eigenvalue weighted by Gasteiger charge is 2.19. The van der Waals surface area contributed by atoms with E-state index in [1.165, 1.54) is 36.4 Å². The van der Waals surface area contributed by atoms with E-state index < -0.39 is 14.8 Å². The summed E-state index contributed by atoms with van der Waals surface area (Å²) in [6.07, 6.45) is 0. The van der Waals surface area contributed by atoms with Crippen LogP contribution in [0.15, 0.2) is 51.8 Å². The van der Waals surface area contributed by atoms with Crippen molar-refractivity contribution in [1.29, 1.82) is 0 Å². The zero-order valence-electron chi connectivity index (χ0n) is 10.7. The maximum absolute atomic E-state index is 12.3. The number of anilines is 1. The first-order chi connectivity index (χ1) is 9.79. The van der Waals surface area contributed by atoms with Crippen LogP contribution in [-0.2, 0) is 15.6 Å². The fraction of sp³-hybridized carbons (Fsp3) is 0.0769. The SMILES string of the molecule is Nc1cc(Br)ccc1S(=O)(=O)Cc1ccc([N+](=O)[O-])cc1. The molecule has 8 heteroatoms. The molecule has 0 aromatic heterocycles. The highest BCUT2D eigenvalue weighted by molar-refractivity contribution is 9.10. The van der Waals surface area contributed by atoms with E-state index in [2.05, 4.69) is 15.9 Å². The van der Waals surface area contributed by atoms with E-state index in [9.17, 15) is 18.5 Å². The van der Waals surface area contributed by atoms with Crippen LogP contribution in [0.25, 0.3) is 0 Å². The van der Waals surface area contributed by atoms with Crippen molar-refractivity contribution in [3.63, 3.8) is 0 Å². The number of nitro benzene ring substituents is 1. The summed E-state index contributed by atoms with van der Waals surface area (Å²) in [4.78, 5) is 10.1. The number of nitro groups is 1. The minimum Gasteiger partial charge on any atom is -0.398 e. The maximum Gasteiger partial charge on any atom is 0.269 e. The third-order valence-electron chi connectivity index (χ3n) is 2.81. The van der Waals surface area contributed by atoms with E-state index in [-0.39, 0.29) is 22.0 Å². The molecule has 0 saturated carbocycles. The Morgan fingerprint density at radius 3 is 2.29 bits per heavy atom. The summed E-state index contributed by atoms with van der Waals surface area (Å²) >= 11 is 3.21. The fourth-order valence-corrected chi connectivity index (χ4v) is 3.67. The van der Waals surface area contributed by atoms with Crippen LogP contribution in [0.2, 0.25) is 0 Å². The molecule has 6 nitrogen and oxygen atoms in total. The summed E-state index contributed by atoms with van der Waals surface area (Å²) in [6, 6.07) is 9.93. The topological polar surface area (TPSA) is 103 Å². The van der Waals surface area contributed by atoms with Crippen molar-refractivity contribution < 1.29 is 13.3 Å². The van der Waals surface area contributed by atoms with Gasteiger partial charge in [-0.1, -0.05) is 28.1 Å². The van der Waals surface area contributed by atoms with E-state index in [4.69, 9.17) is 5.73 Å². The standard InChI is InChI=1S/C13H11BrN2O4S/c14-10-3-6-13(12(15)7-10)21(19,20)8-9-1-4-11(5-2-9)16(17)18/h1-7H,8,15H2. The summed E-state index contributed by atoms with van der Waals surface area (Å²) in [5, 5.41) is 10.6. The predicted octanol–water partition coefficient (Wildman–Crippen LogP) is 2.91. The number of benzene rings is 2. The molecule has 21 heavy (non-hydrogen) atoms. The first-order valence-corrected chi connectivity index (χ1v) is 8.25. The van der Waals surface area contributed by atoms with Gasteiger partial charge in [-0.25, -0.2) is 8.42 Å². The molecule has 110 valence electrons. The van der Waals surface area contributed by atoms with Crippen molar-refractivity contribution in [3.05, 3.63) is 62.6 Å². The lowest BCUT2D eigenvalue weighted by Gasteiger charge is -2.08. The van der Waals surface area contributed by atoms with Crippen LogP contribution in [-0.4, -0.2) is 13.3 Å². The second-order valence-electron chi connectivity index (χ2n) is 4.36. The van der Waals surface area contributed by atoms with E-state index in [1.807, 2.05) is 0 Å². The number of sulfone groups is 1. The molecule has 2 N–H and O–H groups in total. The Balaban J connectivity index is 2.30. The van der Waals surface area contributed by atoms with Gasteiger partial charge in [0.15, 0.2) is 9.84 Å². The average Bonchev–Trinajstić information content (AvgIpc) is 2.38. The highest BCUT2D eigenvalue weighted by atomic mass is 79.9. The fourth-order valence-electron chi connectivity index (χ4n) is 1.81. The number of nitrogens with two attached hydrogens (primary N) is 1. The van der Waals surface area contributed by atoms with Crippen molar-refractivity contribution in [3.8, 4) is 0 Å². The summed E-state index contributed by atoms with van der Waals surface area (Å²) in [5.74, 6) is -0.267. The Kier molecular flexibility index (Phi) is 4.29. The van der Waals surface area contributed by atoms with Crippen LogP contribution >= 0.6 is 15.9 Å². The number of hydrogen-bond acceptors (Lipinski definition) is 5. The second kappa shape index (κ2) is 5.82. The summed E-state index contributed by atoms with van der Waals surface area (Å²) < 4.78 is 25.3. The van der Waals surface area contributed by atoms with Crippen molar-refractivity contribution >= 4 is 37.1 Å². The van der Waals surface area contributed by atoms with E-state index in [1.54, 1.807) is 6.07 Å². The minimum absolute atomic E-state index is 0.0454. The summed E-state index contributed by atoms with van der Waals surface area (Å²) in [5.41, 5.74) is 6.26. The van der Waals surface area contributed by atoms with Gasteiger partial charge in [0.1, 0.15) is 0 Å². The van der Waals surface area contributed by atoms with Gasteiger partial charge in [0.25, 0.3) is 5.69 Å². The molecule has 0 spiro atoms. The van der Waals surface area contributed by atoms with Crippen LogP contribution in [0.5, 0.6) is 0 Å². The van der Waals surface area contributed by atoms with Crippen LogP contribution in [0.3, 0.4) is 0 Å². The van der Waals surface area contributed by atoms with Crippen molar-refractivity contribution in [2.45, 2.75) is 10.6 Å². The Labute approximate surface area is 129 Å². The average molecular weight is 371 g/mol. The Morgan fingerprint density at radius 1 is 1.14 bits per heavy atom. The molecule has 0 aliphatic rings. The first kappa shape index (κ1) is 15.5. The lowest BCUT2D eigenvalue weighted by molar-refractivity contribution is -0.384. The Hall–Kier alpha value is -1.93. The normalized spacial score (nSPS) is 11.3. The molecular weight excluding hydrogens is 360 g/mol. The number of halogens is 1. The summed E-state index contributed by atoms with van der Waals surface area (Å²) in [7, 11) is -3.61. The maximum atomic E-state index is 12.3. The Bertz CT molecular complexity index is 788. The smallest absolute Gasteiger partial charge is 0.269 e. The summed E-state index contributed by atoms with van der Waals surface area (Å²) in [6.45, 7) is 0. The molecule has 0 atom stereocenters. The number of hydrogen-bond donors (Lipinski definition) is 1. The molecule has 2 aromatic carbocycles. The van der Waals surface area contributed by atoms with Crippen molar-refractivity contribution in [2.75, 3.05) is 5.73 Å². The first-order valence-electron chi connectivity index (χ1n) is 5.81. The molecule has 0 saturated heterocycles. The third kappa shape index (κ3) is 3.59. The zero-order chi connectivity index (χ0) is 15.6. The van der Waals surface area contributed by atoms with Crippen LogP contribution in [0.4, 0.5) is 11.4 Å². The van der Waals surface area contributed by atoms with Gasteiger partial charge in [0, 0.05) is 16.6 Å². The van der Waals surface area contributed by atoms with Crippen LogP contribution < -0.4 is 5.73 Å². The molecular formula is C13H11BrN2O4S. The molecule has 0 amide bonds. The number of non-ortho nitro benzene ring substituents is 1. The van der Waals surface area contributed by atoms with Gasteiger partial charge >= 0.3 is 0 Å². The van der Waals surface area contributed by atoms with Gasteiger partial charge in [0.05, 0.1) is 21.3 Å². The van der Waals surface area contributed by atoms with E-state index in [0.717, 1.165) is 0 Å². The predicted molar refractivity (Wildman–Crippen MR) is 82.5 cm³/mol. The van der Waals surface area contributed by atoms with Crippen molar-refractivity contribution in [1.82, 2.24) is 0 Å². The van der Waals surface area contributed by atoms with Gasteiger partial charge < -0.3 is 5.73 Å². The van der Waals surface area contributed by atoms with Crippen LogP contribution in [0, 0.1) is 10.1 Å². The van der Waals surface area contributed by atoms with Gasteiger partial charge in [-0.2, -0.15) is 0 Å². The lowest BCUT2D eigenvalue weighted by Crippen LogP contribution is -2.08. The monoisotopic (exact) mass is 370 g/mol. The van der Waals surface area contributed by atoms with Gasteiger partial charge in [-0.3, -0.25) is 10.1 Å². The molecule has 2 rings (SSSR count). The quantitative estimate of drug-likeness (QED) is 0.506. The van der Waals surface area contributed by atoms with Crippen LogP contribution in [0.1, 0.15) is 5.56 Å². The van der Waals surface area contributed by atoms with E-state index >= 15 is 0 Å². The van der Waals surface area contributed by atoms with Gasteiger partial charge in [0.2, 0.25) is 0 Å². The molecule has 0 aliphatic carbocycles. The second-order valence-corrected chi connectivity index (χ2v) is 7.24. The molecule has 0 heterocycles. The number of nitrogens with zero attached hydrogens (tertiary/aromatic N) is 1. The molecule has 2 aromatic rings. The van der Waals surface area contributed by atoms with E-state index in [0.29, 0.717) is 10.0 Å². The van der Waals surface area contributed by atoms with Gasteiger partial charge in [-0.05, 0) is 23.8 Å². The van der Waals surface area contributed by atoms with Gasteiger partial charge in [-0.15, -0.1) is 0 Å². The van der Waals surface area contributed by atoms with Crippen molar-refractivity contribution in [2.24, 2.45) is 0 Å². The zero-order valence-corrected chi connectivity index (χ0v) is 13.1. The molecule has 0 aliphatic heterocycles. The molecule has 0 radical (unpaired) electrons. The molecule has 0 fully saturated rings. The largest absolute Gasteiger partial charge is 0.398 e. The third-order valence-corrected chi connectivity index (χ3v) is 5.06. The number of rotatable bonds is 4. The Morgan fingerprint density at radius 2 is 1.76 bits per heavy atom. The minimum atomic E-state index is -3.61. The lowest BCUT2D eigenvalue weighted by atomic mass is 10.2.